The van der Waals surface area contributed by atoms with Gasteiger partial charge in [-0.05, 0) is 37.1 Å². The fourth-order valence-corrected chi connectivity index (χ4v) is 1.97. The molecule has 0 aliphatic carbocycles. The molecule has 0 saturated carbocycles. The molecule has 8 heteroatoms. The van der Waals surface area contributed by atoms with Crippen LogP contribution in [0.5, 0.6) is 11.5 Å². The molecule has 2 aromatic rings. The second-order valence-corrected chi connectivity index (χ2v) is 5.98. The van der Waals surface area contributed by atoms with Crippen molar-refractivity contribution in [1.29, 1.82) is 0 Å². The summed E-state index contributed by atoms with van der Waals surface area (Å²) >= 11 is 0. The van der Waals surface area contributed by atoms with E-state index in [1.165, 1.54) is 0 Å². The average molecular weight is 392 g/mol. The standard InChI is InChI=1S/2C9H10O3.C2H8N2/c2*1-6-2-3-7(5-9(11)12)8(10)4-6;3-1-2-4/h2*2-4,10H,5H2,1H3,(H,11,12);1-4H2. The lowest BCUT2D eigenvalue weighted by atomic mass is 10.1. The van der Waals surface area contributed by atoms with Crippen LogP contribution < -0.4 is 11.5 Å². The lowest BCUT2D eigenvalue weighted by molar-refractivity contribution is -0.137. The Morgan fingerprint density at radius 1 is 0.750 bits per heavy atom. The molecule has 0 atom stereocenters. The van der Waals surface area contributed by atoms with E-state index in [-0.39, 0.29) is 24.3 Å². The number of phenolic OH excluding ortho intramolecular Hbond substituents is 2. The number of phenols is 2. The molecule has 28 heavy (non-hydrogen) atoms. The van der Waals surface area contributed by atoms with Crippen molar-refractivity contribution in [1.82, 2.24) is 0 Å². The maximum absolute atomic E-state index is 10.3. The molecule has 0 unspecified atom stereocenters. The Balaban J connectivity index is 0.000000439. The molecule has 2 aromatic carbocycles. The van der Waals surface area contributed by atoms with Gasteiger partial charge in [0.1, 0.15) is 11.5 Å². The molecule has 154 valence electrons. The summed E-state index contributed by atoms with van der Waals surface area (Å²) in [5, 5.41) is 35.5. The Kier molecular flexibility index (Phi) is 11.7. The number of carboxylic acid groups (broad SMARTS) is 2. The predicted molar refractivity (Wildman–Crippen MR) is 106 cm³/mol. The van der Waals surface area contributed by atoms with Gasteiger partial charge in [-0.2, -0.15) is 0 Å². The van der Waals surface area contributed by atoms with Gasteiger partial charge in [0.2, 0.25) is 0 Å². The minimum absolute atomic E-state index is 0.0531. The van der Waals surface area contributed by atoms with Gasteiger partial charge in [-0.3, -0.25) is 9.59 Å². The number of aryl methyl sites for hydroxylation is 2. The van der Waals surface area contributed by atoms with Crippen LogP contribution in [0.25, 0.3) is 0 Å². The molecule has 0 aromatic heterocycles. The van der Waals surface area contributed by atoms with E-state index in [0.717, 1.165) is 11.1 Å². The molecule has 0 bridgehead atoms. The number of rotatable bonds is 5. The van der Waals surface area contributed by atoms with Crippen LogP contribution in [0.2, 0.25) is 0 Å². The summed E-state index contributed by atoms with van der Waals surface area (Å²) < 4.78 is 0. The average Bonchev–Trinajstić information content (AvgIpc) is 2.60. The van der Waals surface area contributed by atoms with Crippen molar-refractivity contribution in [3.8, 4) is 11.5 Å². The molecule has 0 saturated heterocycles. The summed E-state index contributed by atoms with van der Waals surface area (Å²) in [4.78, 5) is 20.6. The zero-order chi connectivity index (χ0) is 21.7. The highest BCUT2D eigenvalue weighted by Gasteiger charge is 2.05. The summed E-state index contributed by atoms with van der Waals surface area (Å²) in [6.07, 6.45) is -0.266. The Morgan fingerprint density at radius 2 is 1.07 bits per heavy atom. The molecule has 0 amide bonds. The third-order valence-electron chi connectivity index (χ3n) is 3.33. The number of hydrogen-bond acceptors (Lipinski definition) is 6. The number of aliphatic carboxylic acids is 2. The summed E-state index contributed by atoms with van der Waals surface area (Å²) in [5.41, 5.74) is 12.5. The van der Waals surface area contributed by atoms with Crippen molar-refractivity contribution in [3.63, 3.8) is 0 Å². The van der Waals surface area contributed by atoms with Crippen LogP contribution in [0.1, 0.15) is 22.3 Å². The van der Waals surface area contributed by atoms with Crippen LogP contribution in [0.4, 0.5) is 0 Å². The van der Waals surface area contributed by atoms with Crippen molar-refractivity contribution < 1.29 is 30.0 Å². The van der Waals surface area contributed by atoms with Crippen LogP contribution in [-0.4, -0.2) is 45.5 Å². The van der Waals surface area contributed by atoms with E-state index in [2.05, 4.69) is 0 Å². The third kappa shape index (κ3) is 10.8. The molecule has 8 nitrogen and oxygen atoms in total. The molecular weight excluding hydrogens is 364 g/mol. The lowest BCUT2D eigenvalue weighted by Crippen LogP contribution is -2.11. The van der Waals surface area contributed by atoms with E-state index in [9.17, 15) is 19.8 Å². The van der Waals surface area contributed by atoms with E-state index in [0.29, 0.717) is 24.2 Å². The zero-order valence-corrected chi connectivity index (χ0v) is 16.1. The Hall–Kier alpha value is -3.10. The zero-order valence-electron chi connectivity index (χ0n) is 16.1. The quantitative estimate of drug-likeness (QED) is 0.445. The number of carbonyl (C=O) groups is 2. The van der Waals surface area contributed by atoms with Crippen molar-refractivity contribution >= 4 is 11.9 Å². The predicted octanol–water partition coefficient (Wildman–Crippen LogP) is 1.56. The van der Waals surface area contributed by atoms with E-state index < -0.39 is 11.9 Å². The lowest BCUT2D eigenvalue weighted by Gasteiger charge is -2.01. The van der Waals surface area contributed by atoms with Crippen LogP contribution in [0.3, 0.4) is 0 Å². The summed E-state index contributed by atoms with van der Waals surface area (Å²) in [6, 6.07) is 9.91. The maximum atomic E-state index is 10.3. The molecule has 0 fully saturated rings. The highest BCUT2D eigenvalue weighted by molar-refractivity contribution is 5.71. The molecule has 2 rings (SSSR count). The number of benzene rings is 2. The summed E-state index contributed by atoms with van der Waals surface area (Å²) in [6.45, 7) is 4.87. The van der Waals surface area contributed by atoms with Crippen molar-refractivity contribution in [2.45, 2.75) is 26.7 Å². The van der Waals surface area contributed by atoms with Crippen LogP contribution >= 0.6 is 0 Å². The van der Waals surface area contributed by atoms with E-state index in [4.69, 9.17) is 21.7 Å². The first-order valence-corrected chi connectivity index (χ1v) is 8.51. The summed E-state index contributed by atoms with van der Waals surface area (Å²) in [5.74, 6) is -1.77. The highest BCUT2D eigenvalue weighted by Crippen LogP contribution is 2.19. The molecule has 0 aliphatic heterocycles. The van der Waals surface area contributed by atoms with Gasteiger partial charge in [0, 0.05) is 24.2 Å². The monoisotopic (exact) mass is 392 g/mol. The summed E-state index contributed by atoms with van der Waals surface area (Å²) in [7, 11) is 0. The molecular formula is C20H28N2O6. The van der Waals surface area contributed by atoms with Gasteiger partial charge in [-0.1, -0.05) is 24.3 Å². The molecule has 0 heterocycles. The first-order chi connectivity index (χ1) is 13.1. The van der Waals surface area contributed by atoms with Gasteiger partial charge in [0.25, 0.3) is 0 Å². The van der Waals surface area contributed by atoms with Crippen molar-refractivity contribution in [2.24, 2.45) is 11.5 Å². The second-order valence-electron chi connectivity index (χ2n) is 5.98. The van der Waals surface area contributed by atoms with Gasteiger partial charge < -0.3 is 31.9 Å². The highest BCUT2D eigenvalue weighted by atomic mass is 16.4. The van der Waals surface area contributed by atoms with Crippen LogP contribution in [-0.2, 0) is 22.4 Å². The molecule has 8 N–H and O–H groups in total. The molecule has 0 spiro atoms. The van der Waals surface area contributed by atoms with Gasteiger partial charge in [0.05, 0.1) is 12.8 Å². The SMILES string of the molecule is Cc1ccc(CC(=O)O)c(O)c1.Cc1ccc(CC(=O)O)c(O)c1.NCCN. The van der Waals surface area contributed by atoms with E-state index in [1.54, 1.807) is 36.4 Å². The van der Waals surface area contributed by atoms with E-state index >= 15 is 0 Å². The first-order valence-electron chi connectivity index (χ1n) is 8.51. The topological polar surface area (TPSA) is 167 Å². The Labute approximate surface area is 164 Å². The van der Waals surface area contributed by atoms with Gasteiger partial charge in [-0.25, -0.2) is 0 Å². The van der Waals surface area contributed by atoms with E-state index in [1.807, 2.05) is 13.8 Å². The number of hydrogen-bond donors (Lipinski definition) is 6. The Bertz CT molecular complexity index is 712. The smallest absolute Gasteiger partial charge is 0.307 e. The van der Waals surface area contributed by atoms with Gasteiger partial charge in [-0.15, -0.1) is 0 Å². The first kappa shape index (κ1) is 24.9. The van der Waals surface area contributed by atoms with Crippen LogP contribution in [0.15, 0.2) is 36.4 Å². The minimum atomic E-state index is -0.936. The fraction of sp³-hybridized carbons (Fsp3) is 0.300. The van der Waals surface area contributed by atoms with Crippen LogP contribution in [0, 0.1) is 13.8 Å². The fourth-order valence-electron chi connectivity index (χ4n) is 1.97. The second kappa shape index (κ2) is 13.1. The van der Waals surface area contributed by atoms with Crippen molar-refractivity contribution in [3.05, 3.63) is 58.7 Å². The third-order valence-corrected chi connectivity index (χ3v) is 3.33. The van der Waals surface area contributed by atoms with Gasteiger partial charge in [0.15, 0.2) is 0 Å². The van der Waals surface area contributed by atoms with Gasteiger partial charge >= 0.3 is 11.9 Å². The normalized spacial score (nSPS) is 9.43. The molecule has 0 aliphatic rings. The minimum Gasteiger partial charge on any atom is -0.508 e. The largest absolute Gasteiger partial charge is 0.508 e. The number of nitrogens with two attached hydrogens (primary N) is 2. The van der Waals surface area contributed by atoms with Crippen molar-refractivity contribution in [2.75, 3.05) is 13.1 Å². The number of carboxylic acids is 2. The number of aromatic hydroxyl groups is 2. The molecule has 0 radical (unpaired) electrons. The Morgan fingerprint density at radius 3 is 1.29 bits per heavy atom. The maximum Gasteiger partial charge on any atom is 0.307 e.